The van der Waals surface area contributed by atoms with E-state index in [4.69, 9.17) is 23.7 Å². The van der Waals surface area contributed by atoms with E-state index in [9.17, 15) is 50.3 Å². The van der Waals surface area contributed by atoms with E-state index < -0.39 is 112 Å². The van der Waals surface area contributed by atoms with Crippen molar-refractivity contribution >= 4 is 0 Å². The minimum absolute atomic E-state index is 0.611. The Hall–Kier alpha value is -0.630. The smallest absolute Gasteiger partial charge is 0.187 e. The molecule has 0 aromatic carbocycles. The van der Waals surface area contributed by atoms with Crippen LogP contribution in [0.4, 0.5) is 4.39 Å². The van der Waals surface area contributed by atoms with Gasteiger partial charge in [-0.3, -0.25) is 0 Å². The van der Waals surface area contributed by atoms with E-state index in [0.29, 0.717) is 0 Å². The fraction of sp³-hybridized carbons (Fsp3) is 1.00. The van der Waals surface area contributed by atoms with E-state index in [1.807, 2.05) is 0 Å². The van der Waals surface area contributed by atoms with Gasteiger partial charge in [0.05, 0.1) is 19.3 Å². The van der Waals surface area contributed by atoms with Gasteiger partial charge in [-0.25, -0.2) is 4.39 Å². The maximum atomic E-state index is 13.1. The third-order valence-corrected chi connectivity index (χ3v) is 6.33. The molecule has 34 heavy (non-hydrogen) atoms. The van der Waals surface area contributed by atoms with Crippen LogP contribution in [0, 0.1) is 0 Å². The largest absolute Gasteiger partial charge is 0.394 e. The summed E-state index contributed by atoms with van der Waals surface area (Å²) in [4.78, 5) is 0. The lowest BCUT2D eigenvalue weighted by molar-refractivity contribution is -0.372. The van der Waals surface area contributed by atoms with Crippen LogP contribution in [0.1, 0.15) is 6.92 Å². The van der Waals surface area contributed by atoms with Gasteiger partial charge < -0.3 is 69.6 Å². The van der Waals surface area contributed by atoms with Gasteiger partial charge in [-0.15, -0.1) is 0 Å². The van der Waals surface area contributed by atoms with E-state index in [2.05, 4.69) is 0 Å². The Morgan fingerprint density at radius 1 is 0.588 bits per heavy atom. The lowest BCUT2D eigenvalue weighted by Gasteiger charge is -2.48. The van der Waals surface area contributed by atoms with Gasteiger partial charge in [-0.2, -0.15) is 0 Å². The van der Waals surface area contributed by atoms with Crippen molar-refractivity contribution in [2.24, 2.45) is 0 Å². The predicted octanol–water partition coefficient (Wildman–Crippen LogP) is -5.53. The molecule has 0 aromatic rings. The summed E-state index contributed by atoms with van der Waals surface area (Å²) < 4.78 is 40.0. The summed E-state index contributed by atoms with van der Waals surface area (Å²) >= 11 is 0. The fourth-order valence-corrected chi connectivity index (χ4v) is 4.24. The van der Waals surface area contributed by atoms with Gasteiger partial charge >= 0.3 is 0 Å². The number of hydrogen-bond donors (Lipinski definition) is 9. The second-order valence-electron chi connectivity index (χ2n) is 8.62. The van der Waals surface area contributed by atoms with Crippen LogP contribution in [0.5, 0.6) is 0 Å². The van der Waals surface area contributed by atoms with Crippen LogP contribution >= 0.6 is 0 Å². The first kappa shape index (κ1) is 27.9. The Balaban J connectivity index is 1.72. The second-order valence-corrected chi connectivity index (χ2v) is 8.62. The quantitative estimate of drug-likeness (QED) is 0.158. The zero-order valence-corrected chi connectivity index (χ0v) is 18.2. The van der Waals surface area contributed by atoms with Gasteiger partial charge in [0.1, 0.15) is 79.9 Å². The number of alkyl halides is 1. The van der Waals surface area contributed by atoms with Gasteiger partial charge in [0.2, 0.25) is 0 Å². The standard InChI is InChI=1S/C19H33FO14/c1-5-9(23)12(26)16(7(3-21)30-5)33-19-15(29)13(27)17(8(4-22)32-19)34-18-14(28)11(25)10(24)6(2-20)31-18/h5-19,21-29H,2-4H2,1H3/i20-1. The minimum Gasteiger partial charge on any atom is -0.394 e. The molecule has 0 aliphatic carbocycles. The molecule has 3 aliphatic heterocycles. The number of aliphatic hydroxyl groups excluding tert-OH is 9. The number of hydrogen-bond acceptors (Lipinski definition) is 14. The number of rotatable bonds is 7. The lowest BCUT2D eigenvalue weighted by Crippen LogP contribution is -2.66. The number of halogens is 1. The van der Waals surface area contributed by atoms with Crippen LogP contribution in [-0.2, 0) is 23.7 Å². The maximum absolute atomic E-state index is 13.1. The molecule has 0 spiro atoms. The topological polar surface area (TPSA) is 228 Å². The SMILES string of the molecule is CC1OC(CO)C(OC2OC(CO)C(OC3OC(C[18F])C(O)C(O)C3O)C(O)C2O)C(O)C1O. The monoisotopic (exact) mass is 503 g/mol. The van der Waals surface area contributed by atoms with E-state index in [1.54, 1.807) is 0 Å². The highest BCUT2D eigenvalue weighted by atomic mass is 18.2. The maximum Gasteiger partial charge on any atom is 0.187 e. The van der Waals surface area contributed by atoms with Crippen molar-refractivity contribution in [3.63, 3.8) is 0 Å². The first-order chi connectivity index (χ1) is 16.0. The van der Waals surface area contributed by atoms with Crippen molar-refractivity contribution in [2.45, 2.75) is 98.9 Å². The summed E-state index contributed by atoms with van der Waals surface area (Å²) in [7, 11) is 0. The van der Waals surface area contributed by atoms with E-state index in [0.717, 1.165) is 0 Å². The molecule has 0 saturated carbocycles. The molecule has 0 radical (unpaired) electrons. The zero-order valence-electron chi connectivity index (χ0n) is 18.2. The highest BCUT2D eigenvalue weighted by molar-refractivity contribution is 4.96. The first-order valence-electron chi connectivity index (χ1n) is 10.9. The average Bonchev–Trinajstić information content (AvgIpc) is 2.83. The Bertz CT molecular complexity index is 640. The molecule has 0 amide bonds. The van der Waals surface area contributed by atoms with Crippen molar-refractivity contribution in [1.82, 2.24) is 0 Å². The van der Waals surface area contributed by atoms with Crippen LogP contribution in [-0.4, -0.2) is 158 Å². The van der Waals surface area contributed by atoms with Crippen LogP contribution < -0.4 is 0 Å². The Kier molecular flexibility index (Phi) is 9.55. The van der Waals surface area contributed by atoms with Crippen molar-refractivity contribution in [3.8, 4) is 0 Å². The molecule has 14 nitrogen and oxygen atoms in total. The normalized spacial score (nSPS) is 52.5. The fourth-order valence-electron chi connectivity index (χ4n) is 4.24. The molecule has 9 N–H and O–H groups in total. The third kappa shape index (κ3) is 5.37. The molecular weight excluding hydrogens is 470 g/mol. The van der Waals surface area contributed by atoms with Crippen molar-refractivity contribution in [3.05, 3.63) is 0 Å². The molecule has 3 fully saturated rings. The molecule has 15 atom stereocenters. The molecule has 200 valence electrons. The Labute approximate surface area is 193 Å². The molecule has 3 aliphatic rings. The number of ether oxygens (including phenoxy) is 5. The van der Waals surface area contributed by atoms with Gasteiger partial charge in [0.25, 0.3) is 0 Å². The van der Waals surface area contributed by atoms with Crippen molar-refractivity contribution < 1.29 is 74.0 Å². The highest BCUT2D eigenvalue weighted by Gasteiger charge is 2.53. The molecule has 3 rings (SSSR count). The van der Waals surface area contributed by atoms with Crippen molar-refractivity contribution in [1.29, 1.82) is 0 Å². The molecular formula is C19H33FO14. The molecule has 0 aromatic heterocycles. The molecule has 0 bridgehead atoms. The molecule has 15 unspecified atom stereocenters. The zero-order chi connectivity index (χ0) is 25.3. The van der Waals surface area contributed by atoms with E-state index in [1.165, 1.54) is 6.92 Å². The van der Waals surface area contributed by atoms with Crippen LogP contribution in [0.15, 0.2) is 0 Å². The van der Waals surface area contributed by atoms with Crippen LogP contribution in [0.3, 0.4) is 0 Å². The van der Waals surface area contributed by atoms with E-state index >= 15 is 0 Å². The van der Waals surface area contributed by atoms with Gasteiger partial charge in [-0.05, 0) is 6.92 Å². The second kappa shape index (κ2) is 11.6. The van der Waals surface area contributed by atoms with Gasteiger partial charge in [-0.1, -0.05) is 0 Å². The molecule has 15 heteroatoms. The summed E-state index contributed by atoms with van der Waals surface area (Å²) in [5.74, 6) is 0. The number of aliphatic hydroxyl groups is 9. The first-order valence-corrected chi connectivity index (χ1v) is 10.9. The average molecular weight is 503 g/mol. The summed E-state index contributed by atoms with van der Waals surface area (Å²) in [5, 5.41) is 90.6. The summed E-state index contributed by atoms with van der Waals surface area (Å²) in [6.07, 6.45) is -23.4. The van der Waals surface area contributed by atoms with Gasteiger partial charge in [0, 0.05) is 0 Å². The van der Waals surface area contributed by atoms with E-state index in [-0.39, 0.29) is 0 Å². The van der Waals surface area contributed by atoms with Gasteiger partial charge in [0.15, 0.2) is 12.6 Å². The molecule has 3 saturated heterocycles. The highest BCUT2D eigenvalue weighted by Crippen LogP contribution is 2.32. The minimum atomic E-state index is -1.87. The summed E-state index contributed by atoms with van der Waals surface area (Å²) in [6, 6.07) is 0. The summed E-state index contributed by atoms with van der Waals surface area (Å²) in [5.41, 5.74) is 0. The van der Waals surface area contributed by atoms with Crippen LogP contribution in [0.2, 0.25) is 0 Å². The van der Waals surface area contributed by atoms with Crippen LogP contribution in [0.25, 0.3) is 0 Å². The lowest BCUT2D eigenvalue weighted by atomic mass is 9.94. The third-order valence-electron chi connectivity index (χ3n) is 6.33. The Morgan fingerprint density at radius 2 is 1.03 bits per heavy atom. The molecule has 3 heterocycles. The Morgan fingerprint density at radius 3 is 1.53 bits per heavy atom. The predicted molar refractivity (Wildman–Crippen MR) is 104 cm³/mol. The summed E-state index contributed by atoms with van der Waals surface area (Å²) in [6.45, 7) is -1.17. The van der Waals surface area contributed by atoms with Crippen molar-refractivity contribution in [2.75, 3.05) is 19.9 Å².